The van der Waals surface area contributed by atoms with E-state index in [0.29, 0.717) is 31.7 Å². The number of rotatable bonds is 16. The molecule has 5 heterocycles. The first kappa shape index (κ1) is 34.2. The molecule has 50 heavy (non-hydrogen) atoms. The molecular formula is C41H42N8O. The first-order chi connectivity index (χ1) is 24.6. The van der Waals surface area contributed by atoms with E-state index in [-0.39, 0.29) is 5.91 Å². The molecule has 1 aromatic carbocycles. The van der Waals surface area contributed by atoms with Crippen LogP contribution in [-0.2, 0) is 39.0 Å². The second-order valence-electron chi connectivity index (χ2n) is 12.2. The zero-order chi connectivity index (χ0) is 34.4. The summed E-state index contributed by atoms with van der Waals surface area (Å²) >= 11 is 0. The molecule has 0 atom stereocenters. The number of nitrogens with zero attached hydrogens (tertiary/aromatic N) is 8. The van der Waals surface area contributed by atoms with Crippen LogP contribution in [0.15, 0.2) is 140 Å². The summed E-state index contributed by atoms with van der Waals surface area (Å²) in [6, 6.07) is 35.9. The highest BCUT2D eigenvalue weighted by atomic mass is 16.2. The summed E-state index contributed by atoms with van der Waals surface area (Å²) < 4.78 is 0. The Labute approximate surface area is 294 Å². The van der Waals surface area contributed by atoms with Crippen LogP contribution < -0.4 is 4.90 Å². The van der Waals surface area contributed by atoms with Crippen molar-refractivity contribution in [3.63, 3.8) is 0 Å². The second kappa shape index (κ2) is 17.7. The van der Waals surface area contributed by atoms with E-state index in [1.165, 1.54) is 0 Å². The molecule has 5 aromatic heterocycles. The maximum Gasteiger partial charge on any atom is 0.259 e. The predicted octanol–water partition coefficient (Wildman–Crippen LogP) is 6.43. The van der Waals surface area contributed by atoms with Crippen molar-refractivity contribution in [1.29, 1.82) is 0 Å². The normalized spacial score (nSPS) is 11.2. The summed E-state index contributed by atoms with van der Waals surface area (Å²) in [6.07, 6.45) is 10.6. The van der Waals surface area contributed by atoms with Gasteiger partial charge in [-0.3, -0.25) is 39.5 Å². The summed E-state index contributed by atoms with van der Waals surface area (Å²) in [7, 11) is 1.84. The Morgan fingerprint density at radius 1 is 0.500 bits per heavy atom. The third kappa shape index (κ3) is 9.95. The van der Waals surface area contributed by atoms with Crippen molar-refractivity contribution in [2.75, 3.05) is 25.0 Å². The number of hydrogen-bond donors (Lipinski definition) is 0. The Bertz CT molecular complexity index is 1810. The van der Waals surface area contributed by atoms with Crippen molar-refractivity contribution >= 4 is 11.6 Å². The van der Waals surface area contributed by atoms with Crippen LogP contribution in [-0.4, -0.2) is 60.8 Å². The highest BCUT2D eigenvalue weighted by Crippen LogP contribution is 2.23. The molecule has 6 rings (SSSR count). The highest BCUT2D eigenvalue weighted by molar-refractivity contribution is 6.05. The molecule has 0 saturated heterocycles. The zero-order valence-corrected chi connectivity index (χ0v) is 28.4. The van der Waals surface area contributed by atoms with E-state index in [1.54, 1.807) is 11.1 Å². The van der Waals surface area contributed by atoms with Gasteiger partial charge < -0.3 is 4.90 Å². The van der Waals surface area contributed by atoms with Crippen LogP contribution in [0.3, 0.4) is 0 Å². The summed E-state index contributed by atoms with van der Waals surface area (Å²) in [4.78, 5) is 43.1. The minimum Gasteiger partial charge on any atom is -0.311 e. The molecule has 0 N–H and O–H groups in total. The molecule has 0 spiro atoms. The molecule has 0 bridgehead atoms. The number of amides is 1. The largest absolute Gasteiger partial charge is 0.311 e. The van der Waals surface area contributed by atoms with Gasteiger partial charge in [-0.25, -0.2) is 0 Å². The van der Waals surface area contributed by atoms with Crippen LogP contribution >= 0.6 is 0 Å². The van der Waals surface area contributed by atoms with Crippen LogP contribution in [0.5, 0.6) is 0 Å². The maximum absolute atomic E-state index is 13.8. The van der Waals surface area contributed by atoms with Gasteiger partial charge in [-0.05, 0) is 72.3 Å². The Balaban J connectivity index is 1.14. The number of para-hydroxylation sites is 1. The monoisotopic (exact) mass is 662 g/mol. The quantitative estimate of drug-likeness (QED) is 0.117. The fourth-order valence-electron chi connectivity index (χ4n) is 5.91. The van der Waals surface area contributed by atoms with Gasteiger partial charge in [0.25, 0.3) is 5.91 Å². The third-order valence-corrected chi connectivity index (χ3v) is 8.55. The number of carbonyl (C=O) groups excluding carboxylic acids is 1. The molecule has 0 aliphatic carbocycles. The minimum atomic E-state index is -0.108. The third-order valence-electron chi connectivity index (χ3n) is 8.55. The van der Waals surface area contributed by atoms with Gasteiger partial charge in [-0.2, -0.15) is 0 Å². The zero-order valence-electron chi connectivity index (χ0n) is 28.4. The average molecular weight is 663 g/mol. The fraction of sp³-hybridized carbons (Fsp3) is 0.220. The summed E-state index contributed by atoms with van der Waals surface area (Å²) in [6.45, 7) is 4.25. The van der Waals surface area contributed by atoms with Crippen LogP contribution in [0, 0.1) is 0 Å². The number of pyridine rings is 5. The van der Waals surface area contributed by atoms with Gasteiger partial charge in [-0.1, -0.05) is 42.5 Å². The summed E-state index contributed by atoms with van der Waals surface area (Å²) in [5.41, 5.74) is 7.42. The smallest absolute Gasteiger partial charge is 0.259 e. The van der Waals surface area contributed by atoms with Gasteiger partial charge >= 0.3 is 0 Å². The number of benzene rings is 1. The first-order valence-electron chi connectivity index (χ1n) is 17.0. The molecule has 9 nitrogen and oxygen atoms in total. The van der Waals surface area contributed by atoms with Gasteiger partial charge in [0.05, 0.1) is 22.6 Å². The Kier molecular flexibility index (Phi) is 12.1. The van der Waals surface area contributed by atoms with Crippen molar-refractivity contribution in [2.24, 2.45) is 0 Å². The molecule has 0 radical (unpaired) electrons. The van der Waals surface area contributed by atoms with E-state index in [4.69, 9.17) is 4.98 Å². The maximum atomic E-state index is 13.8. The Morgan fingerprint density at radius 2 is 0.980 bits per heavy atom. The van der Waals surface area contributed by atoms with Gasteiger partial charge in [0.2, 0.25) is 0 Å². The van der Waals surface area contributed by atoms with Crippen LogP contribution in [0.2, 0.25) is 0 Å². The van der Waals surface area contributed by atoms with Crippen LogP contribution in [0.4, 0.5) is 5.69 Å². The van der Waals surface area contributed by atoms with E-state index >= 15 is 0 Å². The molecule has 0 aliphatic heterocycles. The lowest BCUT2D eigenvalue weighted by Gasteiger charge is -2.26. The minimum absolute atomic E-state index is 0.108. The molecule has 9 heteroatoms. The molecule has 0 fully saturated rings. The van der Waals surface area contributed by atoms with E-state index in [0.717, 1.165) is 65.7 Å². The first-order valence-corrected chi connectivity index (χ1v) is 17.0. The SMILES string of the molecule is CN(C(=O)c1ccc(CN(Cc2ccccn2)Cc2ccccn2)nc1)c1ccccc1CN(CCc1ccccn1)CCc1ccccn1. The van der Waals surface area contributed by atoms with Gasteiger partial charge in [0.15, 0.2) is 0 Å². The van der Waals surface area contributed by atoms with Gasteiger partial charge in [-0.15, -0.1) is 0 Å². The second-order valence-corrected chi connectivity index (χ2v) is 12.2. The Hall–Kier alpha value is -5.64. The molecule has 1 amide bonds. The van der Waals surface area contributed by atoms with Crippen molar-refractivity contribution in [3.05, 3.63) is 180 Å². The fourth-order valence-corrected chi connectivity index (χ4v) is 5.91. The number of carbonyl (C=O) groups is 1. The van der Waals surface area contributed by atoms with Crippen molar-refractivity contribution in [3.8, 4) is 0 Å². The van der Waals surface area contributed by atoms with E-state index < -0.39 is 0 Å². The van der Waals surface area contributed by atoms with Gasteiger partial charge in [0, 0.05) is 107 Å². The topological polar surface area (TPSA) is 91.2 Å². The molecule has 6 aromatic rings. The van der Waals surface area contributed by atoms with Crippen molar-refractivity contribution < 1.29 is 4.79 Å². The summed E-state index contributed by atoms with van der Waals surface area (Å²) in [5, 5.41) is 0. The molecule has 252 valence electrons. The molecule has 0 saturated carbocycles. The van der Waals surface area contributed by atoms with E-state index in [9.17, 15) is 4.79 Å². The predicted molar refractivity (Wildman–Crippen MR) is 196 cm³/mol. The standard InChI is InChI=1S/C41H42N8O/c1-47(40-17-3-2-12-34(40)29-48(26-20-35-13-4-8-22-42-35)27-21-36-14-5-9-23-43-36)41(50)33-18-19-39(46-28-33)32-49(30-37-15-6-10-24-44-37)31-38-16-7-11-25-45-38/h2-19,22-25,28H,20-21,26-27,29-32H2,1H3. The number of anilines is 1. The Morgan fingerprint density at radius 3 is 1.46 bits per heavy atom. The highest BCUT2D eigenvalue weighted by Gasteiger charge is 2.19. The van der Waals surface area contributed by atoms with E-state index in [1.807, 2.05) is 123 Å². The lowest BCUT2D eigenvalue weighted by Crippen LogP contribution is -2.31. The lowest BCUT2D eigenvalue weighted by atomic mass is 10.1. The number of hydrogen-bond acceptors (Lipinski definition) is 8. The molecular weight excluding hydrogens is 621 g/mol. The lowest BCUT2D eigenvalue weighted by molar-refractivity contribution is 0.0992. The average Bonchev–Trinajstić information content (AvgIpc) is 3.17. The van der Waals surface area contributed by atoms with Crippen molar-refractivity contribution in [1.82, 2.24) is 34.7 Å². The van der Waals surface area contributed by atoms with Crippen LogP contribution in [0.1, 0.15) is 44.4 Å². The number of aromatic nitrogens is 5. The van der Waals surface area contributed by atoms with E-state index in [2.05, 4.69) is 47.9 Å². The van der Waals surface area contributed by atoms with Crippen molar-refractivity contribution in [2.45, 2.75) is 39.0 Å². The molecule has 0 aliphatic rings. The van der Waals surface area contributed by atoms with Gasteiger partial charge in [0.1, 0.15) is 0 Å². The molecule has 0 unspecified atom stereocenters. The summed E-state index contributed by atoms with van der Waals surface area (Å²) in [5.74, 6) is -0.108. The van der Waals surface area contributed by atoms with Crippen LogP contribution in [0.25, 0.3) is 0 Å².